The van der Waals surface area contributed by atoms with E-state index in [4.69, 9.17) is 4.42 Å². The fourth-order valence-electron chi connectivity index (χ4n) is 4.56. The van der Waals surface area contributed by atoms with Crippen LogP contribution in [0.4, 0.5) is 5.69 Å². The zero-order valence-electron chi connectivity index (χ0n) is 19.9. The molecule has 0 saturated carbocycles. The summed E-state index contributed by atoms with van der Waals surface area (Å²) in [6, 6.07) is 10.6. The van der Waals surface area contributed by atoms with Crippen LogP contribution in [0.3, 0.4) is 0 Å². The van der Waals surface area contributed by atoms with Crippen LogP contribution in [0, 0.1) is 13.8 Å². The third-order valence-electron chi connectivity index (χ3n) is 6.43. The van der Waals surface area contributed by atoms with Gasteiger partial charge in [-0.05, 0) is 75.2 Å². The maximum atomic E-state index is 12.6. The Labute approximate surface area is 190 Å². The lowest BCUT2D eigenvalue weighted by molar-refractivity contribution is -0.111. The van der Waals surface area contributed by atoms with Gasteiger partial charge in [-0.15, -0.1) is 0 Å². The van der Waals surface area contributed by atoms with Crippen LogP contribution in [0.25, 0.3) is 22.6 Å². The number of hydrogen-bond acceptors (Lipinski definition) is 5. The molecule has 168 valence electrons. The average Bonchev–Trinajstić information content (AvgIpc) is 3.21. The summed E-state index contributed by atoms with van der Waals surface area (Å²) in [6.45, 7) is 15.3. The lowest BCUT2D eigenvalue weighted by Crippen LogP contribution is -2.46. The predicted molar refractivity (Wildman–Crippen MR) is 132 cm³/mol. The molecule has 0 atom stereocenters. The number of rotatable bonds is 6. The number of carbonyl (C=O) groups is 1. The van der Waals surface area contributed by atoms with Crippen molar-refractivity contribution in [1.82, 2.24) is 9.88 Å². The normalized spacial score (nSPS) is 15.5. The molecule has 5 heteroatoms. The molecule has 3 heterocycles. The van der Waals surface area contributed by atoms with Crippen molar-refractivity contribution in [3.8, 4) is 0 Å². The number of pyridine rings is 1. The van der Waals surface area contributed by atoms with Gasteiger partial charge in [0.2, 0.25) is 0 Å². The Morgan fingerprint density at radius 1 is 1.09 bits per heavy atom. The highest BCUT2D eigenvalue weighted by atomic mass is 16.3. The molecule has 32 heavy (non-hydrogen) atoms. The van der Waals surface area contributed by atoms with Crippen molar-refractivity contribution in [3.63, 3.8) is 0 Å². The molecule has 1 aliphatic heterocycles. The van der Waals surface area contributed by atoms with Crippen LogP contribution in [-0.4, -0.2) is 48.4 Å². The average molecular weight is 432 g/mol. The van der Waals surface area contributed by atoms with E-state index < -0.39 is 0 Å². The van der Waals surface area contributed by atoms with Crippen LogP contribution in [-0.2, 0) is 11.2 Å². The summed E-state index contributed by atoms with van der Waals surface area (Å²) in [5, 5.41) is 0.981. The SMILES string of the molecule is CCc1cc(N2CCN(CC)CC2)ccc1/C=C(\C(C)=O)c1cc2cc(C)nc(C)c2o1. The van der Waals surface area contributed by atoms with E-state index in [1.54, 1.807) is 6.92 Å². The maximum absolute atomic E-state index is 12.6. The summed E-state index contributed by atoms with van der Waals surface area (Å²) in [4.78, 5) is 22.0. The fourth-order valence-corrected chi connectivity index (χ4v) is 4.56. The molecule has 4 rings (SSSR count). The number of ketones is 1. The number of likely N-dealkylation sites (N-methyl/N-ethyl adjacent to an activating group) is 1. The Kier molecular flexibility index (Phi) is 6.47. The van der Waals surface area contributed by atoms with Crippen molar-refractivity contribution in [2.45, 2.75) is 41.0 Å². The Balaban J connectivity index is 1.69. The molecule has 1 aromatic carbocycles. The number of carbonyl (C=O) groups excluding carboxylic acids is 1. The first-order chi connectivity index (χ1) is 15.4. The number of hydrogen-bond donors (Lipinski definition) is 0. The lowest BCUT2D eigenvalue weighted by atomic mass is 9.99. The number of nitrogens with zero attached hydrogens (tertiary/aromatic N) is 3. The summed E-state index contributed by atoms with van der Waals surface area (Å²) < 4.78 is 6.10. The first-order valence-corrected chi connectivity index (χ1v) is 11.6. The van der Waals surface area contributed by atoms with Crippen molar-refractivity contribution in [3.05, 3.63) is 58.6 Å². The molecule has 5 nitrogen and oxygen atoms in total. The highest BCUT2D eigenvalue weighted by molar-refractivity contribution is 6.24. The molecule has 0 radical (unpaired) electrons. The zero-order valence-corrected chi connectivity index (χ0v) is 19.9. The summed E-state index contributed by atoms with van der Waals surface area (Å²) in [5.41, 5.74) is 6.70. The standard InChI is InChI=1S/C27H33N3O2/c1-6-21-15-24(30-12-10-29(7-2)11-13-30)9-8-22(21)16-25(20(5)31)26-17-23-14-18(3)28-19(4)27(23)32-26/h8-9,14-17H,6-7,10-13H2,1-5H3/b25-16+. The number of aryl methyl sites for hydroxylation is 3. The van der Waals surface area contributed by atoms with Gasteiger partial charge in [0.25, 0.3) is 0 Å². The van der Waals surface area contributed by atoms with Crippen molar-refractivity contribution >= 4 is 34.1 Å². The van der Waals surface area contributed by atoms with Gasteiger partial charge in [-0.2, -0.15) is 0 Å². The van der Waals surface area contributed by atoms with Crippen LogP contribution in [0.2, 0.25) is 0 Å². The van der Waals surface area contributed by atoms with Crippen LogP contribution in [0.15, 0.2) is 34.7 Å². The van der Waals surface area contributed by atoms with Crippen LogP contribution >= 0.6 is 0 Å². The van der Waals surface area contributed by atoms with E-state index in [2.05, 4.69) is 46.8 Å². The molecule has 0 spiro atoms. The highest BCUT2D eigenvalue weighted by Crippen LogP contribution is 2.30. The molecule has 0 N–H and O–H groups in total. The largest absolute Gasteiger partial charge is 0.454 e. The van der Waals surface area contributed by atoms with E-state index in [1.165, 1.54) is 11.3 Å². The molecular weight excluding hydrogens is 398 g/mol. The molecular formula is C27H33N3O2. The summed E-state index contributed by atoms with van der Waals surface area (Å²) in [6.07, 6.45) is 2.88. The van der Waals surface area contributed by atoms with Gasteiger partial charge in [-0.3, -0.25) is 9.78 Å². The van der Waals surface area contributed by atoms with E-state index in [9.17, 15) is 4.79 Å². The Morgan fingerprint density at radius 3 is 2.50 bits per heavy atom. The number of benzene rings is 1. The van der Waals surface area contributed by atoms with Gasteiger partial charge in [-0.25, -0.2) is 0 Å². The zero-order chi connectivity index (χ0) is 22.8. The summed E-state index contributed by atoms with van der Waals surface area (Å²) >= 11 is 0. The minimum Gasteiger partial charge on any atom is -0.454 e. The minimum atomic E-state index is -0.00629. The minimum absolute atomic E-state index is 0.00629. The Morgan fingerprint density at radius 2 is 1.84 bits per heavy atom. The molecule has 2 aromatic heterocycles. The van der Waals surface area contributed by atoms with E-state index in [1.807, 2.05) is 32.1 Å². The second-order valence-corrected chi connectivity index (χ2v) is 8.65. The predicted octanol–water partition coefficient (Wildman–Crippen LogP) is 5.28. The fraction of sp³-hybridized carbons (Fsp3) is 0.407. The number of Topliss-reactive ketones (excluding diaryl/α,β-unsaturated/α-hetero) is 1. The second-order valence-electron chi connectivity index (χ2n) is 8.65. The van der Waals surface area contributed by atoms with Crippen LogP contribution in [0.5, 0.6) is 0 Å². The molecule has 0 unspecified atom stereocenters. The molecule has 1 fully saturated rings. The summed E-state index contributed by atoms with van der Waals surface area (Å²) in [5.74, 6) is 0.595. The number of aromatic nitrogens is 1. The number of fused-ring (bicyclic) bond motifs is 1. The van der Waals surface area contributed by atoms with Gasteiger partial charge in [-0.1, -0.05) is 19.9 Å². The Hall–Kier alpha value is -2.92. The van der Waals surface area contributed by atoms with Gasteiger partial charge in [0, 0.05) is 42.9 Å². The lowest BCUT2D eigenvalue weighted by Gasteiger charge is -2.35. The van der Waals surface area contributed by atoms with Gasteiger partial charge in [0.15, 0.2) is 11.4 Å². The third kappa shape index (κ3) is 4.49. The smallest absolute Gasteiger partial charge is 0.163 e. The molecule has 1 aliphatic rings. The Bertz CT molecular complexity index is 1170. The molecule has 3 aromatic rings. The van der Waals surface area contributed by atoms with Gasteiger partial charge < -0.3 is 14.2 Å². The van der Waals surface area contributed by atoms with E-state index in [0.717, 1.165) is 67.1 Å². The quantitative estimate of drug-likeness (QED) is 0.497. The number of furan rings is 1. The highest BCUT2D eigenvalue weighted by Gasteiger charge is 2.18. The second kappa shape index (κ2) is 9.29. The third-order valence-corrected chi connectivity index (χ3v) is 6.43. The number of allylic oxidation sites excluding steroid dienone is 1. The number of piperazine rings is 1. The van der Waals surface area contributed by atoms with Gasteiger partial charge >= 0.3 is 0 Å². The van der Waals surface area contributed by atoms with Crippen LogP contribution < -0.4 is 4.90 Å². The van der Waals surface area contributed by atoms with Crippen LogP contribution in [0.1, 0.15) is 49.0 Å². The first kappa shape index (κ1) is 22.3. The van der Waals surface area contributed by atoms with E-state index in [-0.39, 0.29) is 5.78 Å². The molecule has 1 saturated heterocycles. The monoisotopic (exact) mass is 431 g/mol. The van der Waals surface area contributed by atoms with E-state index >= 15 is 0 Å². The molecule has 0 bridgehead atoms. The molecule has 0 aliphatic carbocycles. The summed E-state index contributed by atoms with van der Waals surface area (Å²) in [7, 11) is 0. The first-order valence-electron chi connectivity index (χ1n) is 11.6. The van der Waals surface area contributed by atoms with Crippen molar-refractivity contribution in [2.75, 3.05) is 37.6 Å². The molecule has 0 amide bonds. The van der Waals surface area contributed by atoms with Crippen molar-refractivity contribution in [2.24, 2.45) is 0 Å². The number of anilines is 1. The van der Waals surface area contributed by atoms with Gasteiger partial charge in [0.05, 0.1) is 11.3 Å². The van der Waals surface area contributed by atoms with Gasteiger partial charge in [0.1, 0.15) is 5.76 Å². The van der Waals surface area contributed by atoms with Crippen molar-refractivity contribution in [1.29, 1.82) is 0 Å². The van der Waals surface area contributed by atoms with E-state index in [0.29, 0.717) is 11.3 Å². The topological polar surface area (TPSA) is 49.6 Å². The van der Waals surface area contributed by atoms with Crippen molar-refractivity contribution < 1.29 is 9.21 Å². The maximum Gasteiger partial charge on any atom is 0.163 e.